The largest absolute Gasteiger partial charge is 0.458 e. The first kappa shape index (κ1) is 15.4. The molecule has 0 aliphatic carbocycles. The Morgan fingerprint density at radius 2 is 2.00 bits per heavy atom. The number of rotatable bonds is 8. The molecule has 0 radical (unpaired) electrons. The molecule has 98 valence electrons. The van der Waals surface area contributed by atoms with Crippen LogP contribution in [0.4, 0.5) is 0 Å². The molecule has 17 heavy (non-hydrogen) atoms. The molecule has 0 bridgehead atoms. The molecule has 0 saturated heterocycles. The van der Waals surface area contributed by atoms with Gasteiger partial charge in [-0.25, -0.2) is 4.79 Å². The van der Waals surface area contributed by atoms with Crippen molar-refractivity contribution in [1.82, 2.24) is 5.32 Å². The van der Waals surface area contributed by atoms with Crippen molar-refractivity contribution in [1.29, 1.82) is 0 Å². The number of allylic oxidation sites excluding steroid dienone is 1. The lowest BCUT2D eigenvalue weighted by Crippen LogP contribution is -2.23. The first-order valence-corrected chi connectivity index (χ1v) is 5.80. The van der Waals surface area contributed by atoms with E-state index in [1.807, 2.05) is 0 Å². The van der Waals surface area contributed by atoms with Gasteiger partial charge in [0.15, 0.2) is 0 Å². The third-order valence-corrected chi connectivity index (χ3v) is 2.18. The van der Waals surface area contributed by atoms with E-state index in [4.69, 9.17) is 0 Å². The molecule has 0 spiro atoms. The predicted octanol–water partition coefficient (Wildman–Crippen LogP) is 1.84. The van der Waals surface area contributed by atoms with Gasteiger partial charge in [0, 0.05) is 6.54 Å². The summed E-state index contributed by atoms with van der Waals surface area (Å²) in [4.78, 5) is 21.4. The van der Waals surface area contributed by atoms with Crippen molar-refractivity contribution in [3.05, 3.63) is 21.5 Å². The molecule has 0 aromatic carbocycles. The van der Waals surface area contributed by atoms with Crippen molar-refractivity contribution in [2.24, 2.45) is 0 Å². The third-order valence-electron chi connectivity index (χ3n) is 2.18. The van der Waals surface area contributed by atoms with Crippen molar-refractivity contribution in [3.8, 4) is 0 Å². The molecule has 0 atom stereocenters. The SMILES string of the molecule is CCCCCNC(C)=C(C(=O)OCC)[N+](=O)[O-]. The van der Waals surface area contributed by atoms with Crippen LogP contribution in [0.1, 0.15) is 40.0 Å². The van der Waals surface area contributed by atoms with Gasteiger partial charge in [0.25, 0.3) is 0 Å². The van der Waals surface area contributed by atoms with Crippen LogP contribution in [0.15, 0.2) is 11.4 Å². The van der Waals surface area contributed by atoms with E-state index in [2.05, 4.69) is 17.0 Å². The van der Waals surface area contributed by atoms with E-state index in [9.17, 15) is 14.9 Å². The maximum absolute atomic E-state index is 11.4. The average molecular weight is 244 g/mol. The van der Waals surface area contributed by atoms with Crippen LogP contribution in [0, 0.1) is 10.1 Å². The molecule has 0 aliphatic heterocycles. The summed E-state index contributed by atoms with van der Waals surface area (Å²) in [5, 5.41) is 13.6. The Morgan fingerprint density at radius 3 is 2.47 bits per heavy atom. The lowest BCUT2D eigenvalue weighted by atomic mass is 10.2. The topological polar surface area (TPSA) is 81.5 Å². The van der Waals surface area contributed by atoms with Gasteiger partial charge in [-0.1, -0.05) is 19.8 Å². The summed E-state index contributed by atoms with van der Waals surface area (Å²) in [7, 11) is 0. The fourth-order valence-electron chi connectivity index (χ4n) is 1.30. The zero-order valence-electron chi connectivity index (χ0n) is 10.6. The summed E-state index contributed by atoms with van der Waals surface area (Å²) in [6, 6.07) is 0. The monoisotopic (exact) mass is 244 g/mol. The molecule has 0 saturated carbocycles. The number of nitro groups is 1. The van der Waals surface area contributed by atoms with Gasteiger partial charge in [-0.05, 0) is 20.3 Å². The minimum Gasteiger partial charge on any atom is -0.458 e. The van der Waals surface area contributed by atoms with Crippen LogP contribution in [-0.4, -0.2) is 24.0 Å². The predicted molar refractivity (Wildman–Crippen MR) is 63.9 cm³/mol. The second kappa shape index (κ2) is 8.55. The number of nitrogens with one attached hydrogen (secondary N) is 1. The highest BCUT2D eigenvalue weighted by atomic mass is 16.6. The van der Waals surface area contributed by atoms with Crippen LogP contribution in [0.3, 0.4) is 0 Å². The number of carbonyl (C=O) groups excluding carboxylic acids is 1. The van der Waals surface area contributed by atoms with Gasteiger partial charge in [-0.15, -0.1) is 0 Å². The van der Waals surface area contributed by atoms with E-state index >= 15 is 0 Å². The van der Waals surface area contributed by atoms with Crippen LogP contribution in [-0.2, 0) is 9.53 Å². The molecule has 0 amide bonds. The maximum Gasteiger partial charge on any atom is 0.411 e. The molecule has 0 fully saturated rings. The van der Waals surface area contributed by atoms with E-state index < -0.39 is 16.6 Å². The zero-order chi connectivity index (χ0) is 13.3. The first-order chi connectivity index (χ1) is 8.04. The molecule has 0 heterocycles. The third kappa shape index (κ3) is 5.89. The van der Waals surface area contributed by atoms with E-state index in [1.165, 1.54) is 6.92 Å². The smallest absolute Gasteiger partial charge is 0.411 e. The number of carbonyl (C=O) groups is 1. The summed E-state index contributed by atoms with van der Waals surface area (Å²) in [6.07, 6.45) is 3.04. The van der Waals surface area contributed by atoms with Gasteiger partial charge in [-0.3, -0.25) is 10.1 Å². The summed E-state index contributed by atoms with van der Waals surface area (Å²) >= 11 is 0. The summed E-state index contributed by atoms with van der Waals surface area (Å²) < 4.78 is 4.64. The quantitative estimate of drug-likeness (QED) is 0.231. The molecule has 0 aromatic rings. The van der Waals surface area contributed by atoms with Crippen LogP contribution >= 0.6 is 0 Å². The van der Waals surface area contributed by atoms with Crippen molar-refractivity contribution in [3.63, 3.8) is 0 Å². The molecule has 6 heteroatoms. The standard InChI is InChI=1S/C11H20N2O4/c1-4-6-7-8-12-9(3)10(13(15)16)11(14)17-5-2/h12H,4-8H2,1-3H3. The van der Waals surface area contributed by atoms with Crippen molar-refractivity contribution in [2.45, 2.75) is 40.0 Å². The van der Waals surface area contributed by atoms with Crippen molar-refractivity contribution in [2.75, 3.05) is 13.2 Å². The van der Waals surface area contributed by atoms with Crippen LogP contribution in [0.2, 0.25) is 0 Å². The lowest BCUT2D eigenvalue weighted by Gasteiger charge is -2.07. The molecular formula is C11H20N2O4. The van der Waals surface area contributed by atoms with Crippen molar-refractivity contribution < 1.29 is 14.5 Å². The Bertz CT molecular complexity index is 300. The Balaban J connectivity index is 4.53. The molecule has 0 aromatic heterocycles. The normalized spacial score (nSPS) is 11.7. The molecule has 1 N–H and O–H groups in total. The molecule has 0 unspecified atom stereocenters. The number of unbranched alkanes of at least 4 members (excludes halogenated alkanes) is 2. The number of hydrogen-bond acceptors (Lipinski definition) is 5. The Hall–Kier alpha value is -1.59. The number of ether oxygens (including phenoxy) is 1. The molecule has 0 aliphatic rings. The fraction of sp³-hybridized carbons (Fsp3) is 0.727. The number of esters is 1. The van der Waals surface area contributed by atoms with E-state index in [0.717, 1.165) is 19.3 Å². The van der Waals surface area contributed by atoms with Gasteiger partial charge in [-0.2, -0.15) is 0 Å². The Morgan fingerprint density at radius 1 is 1.35 bits per heavy atom. The van der Waals surface area contributed by atoms with Gasteiger partial charge in [0.1, 0.15) is 0 Å². The Kier molecular flexibility index (Phi) is 7.75. The highest BCUT2D eigenvalue weighted by Crippen LogP contribution is 2.05. The fourth-order valence-corrected chi connectivity index (χ4v) is 1.30. The van der Waals surface area contributed by atoms with E-state index in [0.29, 0.717) is 6.54 Å². The number of nitrogens with zero attached hydrogens (tertiary/aromatic N) is 1. The highest BCUT2D eigenvalue weighted by Gasteiger charge is 2.26. The second-order valence-corrected chi connectivity index (χ2v) is 3.59. The highest BCUT2D eigenvalue weighted by molar-refractivity contribution is 5.86. The minimum absolute atomic E-state index is 0.124. The van der Waals surface area contributed by atoms with Crippen LogP contribution in [0.5, 0.6) is 0 Å². The van der Waals surface area contributed by atoms with Gasteiger partial charge < -0.3 is 10.1 Å². The number of hydrogen-bond donors (Lipinski definition) is 1. The summed E-state index contributed by atoms with van der Waals surface area (Å²) in [5.41, 5.74) is -0.257. The van der Waals surface area contributed by atoms with Gasteiger partial charge in [0.05, 0.1) is 17.2 Å². The lowest BCUT2D eigenvalue weighted by molar-refractivity contribution is -0.422. The van der Waals surface area contributed by atoms with E-state index in [-0.39, 0.29) is 12.3 Å². The summed E-state index contributed by atoms with van der Waals surface area (Å²) in [5.74, 6) is -0.891. The average Bonchev–Trinajstić information content (AvgIpc) is 2.24. The van der Waals surface area contributed by atoms with Crippen LogP contribution in [0.25, 0.3) is 0 Å². The first-order valence-electron chi connectivity index (χ1n) is 5.80. The molecular weight excluding hydrogens is 224 g/mol. The summed E-state index contributed by atoms with van der Waals surface area (Å²) in [6.45, 7) is 5.94. The molecule has 6 nitrogen and oxygen atoms in total. The van der Waals surface area contributed by atoms with Gasteiger partial charge >= 0.3 is 11.7 Å². The van der Waals surface area contributed by atoms with E-state index in [1.54, 1.807) is 6.92 Å². The minimum atomic E-state index is -0.891. The van der Waals surface area contributed by atoms with Crippen LogP contribution < -0.4 is 5.32 Å². The zero-order valence-corrected chi connectivity index (χ0v) is 10.6. The second-order valence-electron chi connectivity index (χ2n) is 3.59. The van der Waals surface area contributed by atoms with Gasteiger partial charge in [0.2, 0.25) is 0 Å². The maximum atomic E-state index is 11.4. The van der Waals surface area contributed by atoms with Crippen molar-refractivity contribution >= 4 is 5.97 Å². The Labute approximate surface area is 101 Å². The molecule has 0 rings (SSSR count).